The van der Waals surface area contributed by atoms with Crippen molar-refractivity contribution < 1.29 is 23.8 Å². The third-order valence-corrected chi connectivity index (χ3v) is 3.15. The van der Waals surface area contributed by atoms with Crippen molar-refractivity contribution in [1.29, 1.82) is 0 Å². The lowest BCUT2D eigenvalue weighted by molar-refractivity contribution is -0.143. The SMILES string of the molecule is COC(=O)[C@H](Cc1ccccc1OCC(C)C)NC(=O)OC(C)(C)C. The van der Waals surface area contributed by atoms with Crippen LogP contribution in [0, 0.1) is 5.92 Å². The second-order valence-electron chi connectivity index (χ2n) is 7.24. The van der Waals surface area contributed by atoms with Gasteiger partial charge in [-0.2, -0.15) is 0 Å². The Hall–Kier alpha value is -2.24. The number of hydrogen-bond acceptors (Lipinski definition) is 5. The Morgan fingerprint density at radius 2 is 1.80 bits per heavy atom. The molecule has 0 fully saturated rings. The van der Waals surface area contributed by atoms with Crippen LogP contribution in [0.4, 0.5) is 4.79 Å². The molecular formula is C19H29NO5. The van der Waals surface area contributed by atoms with Crippen molar-refractivity contribution >= 4 is 12.1 Å². The third-order valence-electron chi connectivity index (χ3n) is 3.15. The summed E-state index contributed by atoms with van der Waals surface area (Å²) in [5, 5.41) is 2.57. The van der Waals surface area contributed by atoms with Crippen LogP contribution in [0.3, 0.4) is 0 Å². The second-order valence-corrected chi connectivity index (χ2v) is 7.24. The van der Waals surface area contributed by atoms with E-state index in [1.807, 2.05) is 24.3 Å². The molecule has 0 unspecified atom stereocenters. The minimum Gasteiger partial charge on any atom is -0.493 e. The number of esters is 1. The van der Waals surface area contributed by atoms with E-state index in [0.29, 0.717) is 18.3 Å². The summed E-state index contributed by atoms with van der Waals surface area (Å²) >= 11 is 0. The quantitative estimate of drug-likeness (QED) is 0.763. The first kappa shape index (κ1) is 20.8. The summed E-state index contributed by atoms with van der Waals surface area (Å²) in [7, 11) is 1.28. The number of ether oxygens (including phenoxy) is 3. The lowest BCUT2D eigenvalue weighted by Gasteiger charge is -2.23. The first-order valence-corrected chi connectivity index (χ1v) is 8.40. The normalized spacial score (nSPS) is 12.4. The van der Waals surface area contributed by atoms with Gasteiger partial charge in [-0.1, -0.05) is 32.0 Å². The van der Waals surface area contributed by atoms with Crippen LogP contribution in [-0.4, -0.2) is 37.4 Å². The number of benzene rings is 1. The number of carbonyl (C=O) groups excluding carboxylic acids is 2. The summed E-state index contributed by atoms with van der Waals surface area (Å²) in [6.45, 7) is 9.96. The molecule has 0 saturated carbocycles. The maximum Gasteiger partial charge on any atom is 0.408 e. The summed E-state index contributed by atoms with van der Waals surface area (Å²) in [6.07, 6.45) is -0.413. The van der Waals surface area contributed by atoms with E-state index in [0.717, 1.165) is 5.56 Å². The number of methoxy groups -OCH3 is 1. The van der Waals surface area contributed by atoms with Gasteiger partial charge in [0.25, 0.3) is 0 Å². The Balaban J connectivity index is 2.89. The van der Waals surface area contributed by atoms with Crippen LogP contribution in [0.15, 0.2) is 24.3 Å². The van der Waals surface area contributed by atoms with Crippen LogP contribution in [0.2, 0.25) is 0 Å². The lowest BCUT2D eigenvalue weighted by Crippen LogP contribution is -2.45. The van der Waals surface area contributed by atoms with Crippen molar-refractivity contribution in [2.45, 2.75) is 52.7 Å². The van der Waals surface area contributed by atoms with Crippen LogP contribution >= 0.6 is 0 Å². The molecule has 25 heavy (non-hydrogen) atoms. The zero-order valence-electron chi connectivity index (χ0n) is 15.9. The molecule has 140 valence electrons. The second kappa shape index (κ2) is 9.30. The molecule has 0 aliphatic heterocycles. The highest BCUT2D eigenvalue weighted by atomic mass is 16.6. The molecule has 0 heterocycles. The number of rotatable bonds is 7. The van der Waals surface area contributed by atoms with Crippen LogP contribution in [0.1, 0.15) is 40.2 Å². The highest BCUT2D eigenvalue weighted by Gasteiger charge is 2.26. The maximum absolute atomic E-state index is 12.1. The summed E-state index contributed by atoms with van der Waals surface area (Å²) < 4.78 is 15.8. The molecule has 6 nitrogen and oxygen atoms in total. The highest BCUT2D eigenvalue weighted by molar-refractivity contribution is 5.81. The van der Waals surface area contributed by atoms with E-state index in [1.165, 1.54) is 7.11 Å². The predicted molar refractivity (Wildman–Crippen MR) is 95.7 cm³/mol. The van der Waals surface area contributed by atoms with Gasteiger partial charge in [0.05, 0.1) is 13.7 Å². The van der Waals surface area contributed by atoms with Gasteiger partial charge in [0.1, 0.15) is 17.4 Å². The number of para-hydroxylation sites is 1. The van der Waals surface area contributed by atoms with E-state index in [4.69, 9.17) is 14.2 Å². The Kier molecular flexibility index (Phi) is 7.74. The van der Waals surface area contributed by atoms with Gasteiger partial charge < -0.3 is 19.5 Å². The summed E-state index contributed by atoms with van der Waals surface area (Å²) in [5.41, 5.74) is 0.165. The summed E-state index contributed by atoms with van der Waals surface area (Å²) in [5.74, 6) is 0.532. The summed E-state index contributed by atoms with van der Waals surface area (Å²) in [6, 6.07) is 6.58. The number of amides is 1. The smallest absolute Gasteiger partial charge is 0.408 e. The fourth-order valence-corrected chi connectivity index (χ4v) is 2.07. The zero-order valence-corrected chi connectivity index (χ0v) is 15.9. The molecule has 0 aliphatic carbocycles. The van der Waals surface area contributed by atoms with E-state index in [1.54, 1.807) is 20.8 Å². The van der Waals surface area contributed by atoms with E-state index in [-0.39, 0.29) is 6.42 Å². The fourth-order valence-electron chi connectivity index (χ4n) is 2.07. The molecule has 6 heteroatoms. The Morgan fingerprint density at radius 1 is 1.16 bits per heavy atom. The van der Waals surface area contributed by atoms with Gasteiger partial charge in [0.2, 0.25) is 0 Å². The van der Waals surface area contributed by atoms with E-state index >= 15 is 0 Å². The molecule has 0 aromatic heterocycles. The molecule has 0 spiro atoms. The molecule has 1 aromatic carbocycles. The fraction of sp³-hybridized carbons (Fsp3) is 0.579. The number of alkyl carbamates (subject to hydrolysis) is 1. The minimum atomic E-state index is -0.858. The number of carbonyl (C=O) groups is 2. The van der Waals surface area contributed by atoms with E-state index in [9.17, 15) is 9.59 Å². The molecule has 0 radical (unpaired) electrons. The monoisotopic (exact) mass is 351 g/mol. The molecule has 1 aromatic rings. The molecule has 1 amide bonds. The molecular weight excluding hydrogens is 322 g/mol. The lowest BCUT2D eigenvalue weighted by atomic mass is 10.0. The van der Waals surface area contributed by atoms with Gasteiger partial charge >= 0.3 is 12.1 Å². The van der Waals surface area contributed by atoms with Crippen molar-refractivity contribution in [2.24, 2.45) is 5.92 Å². The van der Waals surface area contributed by atoms with Gasteiger partial charge in [0, 0.05) is 6.42 Å². The van der Waals surface area contributed by atoms with Crippen LogP contribution in [-0.2, 0) is 20.7 Å². The number of hydrogen-bond donors (Lipinski definition) is 1. The molecule has 1 N–H and O–H groups in total. The highest BCUT2D eigenvalue weighted by Crippen LogP contribution is 2.21. The third kappa shape index (κ3) is 7.92. The first-order chi connectivity index (χ1) is 11.6. The first-order valence-electron chi connectivity index (χ1n) is 8.40. The predicted octanol–water partition coefficient (Wildman–Crippen LogP) is 3.33. The van der Waals surface area contributed by atoms with E-state index in [2.05, 4.69) is 19.2 Å². The van der Waals surface area contributed by atoms with Crippen LogP contribution < -0.4 is 10.1 Å². The average Bonchev–Trinajstić information content (AvgIpc) is 2.50. The van der Waals surface area contributed by atoms with Gasteiger partial charge in [-0.05, 0) is 38.3 Å². The Labute approximate surface area is 149 Å². The standard InChI is InChI=1S/C19H29NO5/c1-13(2)12-24-16-10-8-7-9-14(16)11-15(17(21)23-6)20-18(22)25-19(3,4)5/h7-10,13,15H,11-12H2,1-6H3,(H,20,22)/t15-/m0/s1. The van der Waals surface area contributed by atoms with Crippen LogP contribution in [0.25, 0.3) is 0 Å². The topological polar surface area (TPSA) is 73.9 Å². The van der Waals surface area contributed by atoms with Crippen molar-refractivity contribution in [1.82, 2.24) is 5.32 Å². The largest absolute Gasteiger partial charge is 0.493 e. The van der Waals surface area contributed by atoms with Crippen molar-refractivity contribution in [3.05, 3.63) is 29.8 Å². The molecule has 1 rings (SSSR count). The minimum absolute atomic E-state index is 0.250. The molecule has 1 atom stereocenters. The van der Waals surface area contributed by atoms with Gasteiger partial charge in [-0.15, -0.1) is 0 Å². The van der Waals surface area contributed by atoms with Crippen molar-refractivity contribution in [2.75, 3.05) is 13.7 Å². The van der Waals surface area contributed by atoms with Crippen LogP contribution in [0.5, 0.6) is 5.75 Å². The maximum atomic E-state index is 12.1. The van der Waals surface area contributed by atoms with Crippen molar-refractivity contribution in [3.63, 3.8) is 0 Å². The van der Waals surface area contributed by atoms with Crippen molar-refractivity contribution in [3.8, 4) is 5.75 Å². The zero-order chi connectivity index (χ0) is 19.0. The van der Waals surface area contributed by atoms with E-state index < -0.39 is 23.7 Å². The molecule has 0 bridgehead atoms. The Bertz CT molecular complexity index is 577. The Morgan fingerprint density at radius 3 is 2.36 bits per heavy atom. The molecule has 0 saturated heterocycles. The number of nitrogens with one attached hydrogen (secondary N) is 1. The summed E-state index contributed by atoms with van der Waals surface area (Å²) in [4.78, 5) is 24.1. The average molecular weight is 351 g/mol. The van der Waals surface area contributed by atoms with Gasteiger partial charge in [0.15, 0.2) is 0 Å². The molecule has 0 aliphatic rings. The van der Waals surface area contributed by atoms with Gasteiger partial charge in [-0.3, -0.25) is 0 Å². The van der Waals surface area contributed by atoms with Gasteiger partial charge in [-0.25, -0.2) is 9.59 Å².